The topological polar surface area (TPSA) is 72.9 Å². The first kappa shape index (κ1) is 16.6. The number of benzene rings is 1. The molecule has 6 nitrogen and oxygen atoms in total. The highest BCUT2D eigenvalue weighted by Gasteiger charge is 2.14. The Labute approximate surface area is 143 Å². The van der Waals surface area contributed by atoms with Crippen molar-refractivity contribution < 1.29 is 14.3 Å². The predicted molar refractivity (Wildman–Crippen MR) is 90.6 cm³/mol. The number of ketones is 1. The van der Waals surface area contributed by atoms with Crippen molar-refractivity contribution in [2.24, 2.45) is 14.1 Å². The summed E-state index contributed by atoms with van der Waals surface area (Å²) in [6.07, 6.45) is 6.61. The Morgan fingerprint density at radius 1 is 1.24 bits per heavy atom. The average Bonchev–Trinajstić information content (AvgIpc) is 3.15. The van der Waals surface area contributed by atoms with Gasteiger partial charge in [-0.2, -0.15) is 0 Å². The van der Waals surface area contributed by atoms with E-state index < -0.39 is 5.78 Å². The van der Waals surface area contributed by atoms with Crippen LogP contribution in [-0.4, -0.2) is 30.2 Å². The zero-order chi connectivity index (χ0) is 18.0. The summed E-state index contributed by atoms with van der Waals surface area (Å²) in [7, 11) is 3.48. The average molecular weight is 340 g/mol. The summed E-state index contributed by atoms with van der Waals surface area (Å²) < 4.78 is 16.2. The minimum absolute atomic E-state index is 0.0186. The van der Waals surface area contributed by atoms with Crippen molar-refractivity contribution in [2.45, 2.75) is 6.42 Å². The number of aliphatic hydroxyl groups excluding tert-OH is 1. The third kappa shape index (κ3) is 3.82. The summed E-state index contributed by atoms with van der Waals surface area (Å²) in [6, 6.07) is 6.17. The number of rotatable bonds is 5. The molecular weight excluding hydrogens is 323 g/mol. The summed E-state index contributed by atoms with van der Waals surface area (Å²) in [6.45, 7) is 0. The fourth-order valence-corrected chi connectivity index (χ4v) is 2.55. The highest BCUT2D eigenvalue weighted by Crippen LogP contribution is 2.22. The van der Waals surface area contributed by atoms with Crippen LogP contribution in [0.2, 0.25) is 0 Å². The lowest BCUT2D eigenvalue weighted by Crippen LogP contribution is -2.01. The summed E-state index contributed by atoms with van der Waals surface area (Å²) in [5.74, 6) is -0.914. The second-order valence-corrected chi connectivity index (χ2v) is 5.80. The van der Waals surface area contributed by atoms with Crippen molar-refractivity contribution in [3.8, 4) is 0 Å². The molecule has 2 aromatic heterocycles. The Kier molecular flexibility index (Phi) is 4.47. The van der Waals surface area contributed by atoms with Crippen LogP contribution in [0.3, 0.4) is 0 Å². The van der Waals surface area contributed by atoms with Crippen LogP contribution in [0.5, 0.6) is 0 Å². The molecule has 3 aromatic rings. The zero-order valence-corrected chi connectivity index (χ0v) is 13.8. The number of hydrogen-bond donors (Lipinski definition) is 1. The molecule has 1 N–H and O–H groups in total. The van der Waals surface area contributed by atoms with Gasteiger partial charge in [-0.3, -0.25) is 9.48 Å². The van der Waals surface area contributed by atoms with Crippen LogP contribution in [0.15, 0.2) is 49.1 Å². The van der Waals surface area contributed by atoms with Gasteiger partial charge in [-0.05, 0) is 29.7 Å². The molecule has 0 bridgehead atoms. The molecule has 3 rings (SSSR count). The van der Waals surface area contributed by atoms with Crippen LogP contribution in [-0.2, 0) is 20.5 Å². The largest absolute Gasteiger partial charge is 0.507 e. The van der Waals surface area contributed by atoms with Crippen LogP contribution < -0.4 is 0 Å². The summed E-state index contributed by atoms with van der Waals surface area (Å²) >= 11 is 0. The molecule has 2 heterocycles. The number of aryl methyl sites for hydroxylation is 2. The number of aliphatic hydroxyl groups is 1. The van der Waals surface area contributed by atoms with Crippen LogP contribution in [0.4, 0.5) is 4.39 Å². The van der Waals surface area contributed by atoms with E-state index in [0.29, 0.717) is 12.0 Å². The van der Waals surface area contributed by atoms with E-state index in [1.165, 1.54) is 23.1 Å². The third-order valence-corrected chi connectivity index (χ3v) is 3.71. The number of nitrogens with zero attached hydrogens (tertiary/aromatic N) is 4. The summed E-state index contributed by atoms with van der Waals surface area (Å²) in [4.78, 5) is 16.0. The standard InChI is InChI=1S/C18H17FN4O2/c1-22-9-13(7-12-3-5-14(19)6-4-12)15(10-22)16(24)8-17(25)18-20-11-23(2)21-18/h3-6,8-11,24H,7H2,1-2H3/b16-8+. The molecule has 0 radical (unpaired) electrons. The fourth-order valence-electron chi connectivity index (χ4n) is 2.55. The molecule has 0 unspecified atom stereocenters. The van der Waals surface area contributed by atoms with E-state index in [2.05, 4.69) is 10.1 Å². The Morgan fingerprint density at radius 2 is 1.96 bits per heavy atom. The normalized spacial score (nSPS) is 11.7. The van der Waals surface area contributed by atoms with Crippen molar-refractivity contribution in [3.63, 3.8) is 0 Å². The van der Waals surface area contributed by atoms with Gasteiger partial charge in [0.05, 0.1) is 0 Å². The molecule has 0 saturated carbocycles. The van der Waals surface area contributed by atoms with Gasteiger partial charge in [-0.1, -0.05) is 12.1 Å². The first-order chi connectivity index (χ1) is 11.9. The Morgan fingerprint density at radius 3 is 2.60 bits per heavy atom. The number of aromatic nitrogens is 4. The van der Waals surface area contributed by atoms with Crippen molar-refractivity contribution >= 4 is 11.5 Å². The van der Waals surface area contributed by atoms with Crippen molar-refractivity contribution in [2.75, 3.05) is 0 Å². The van der Waals surface area contributed by atoms with Crippen LogP contribution in [0, 0.1) is 5.82 Å². The molecule has 0 amide bonds. The van der Waals surface area contributed by atoms with E-state index in [4.69, 9.17) is 0 Å². The SMILES string of the molecule is Cn1cc(Cc2ccc(F)cc2)c(/C(O)=C\C(=O)c2ncn(C)n2)c1. The predicted octanol–water partition coefficient (Wildman–Crippen LogP) is 2.67. The Bertz CT molecular complexity index is 938. The van der Waals surface area contributed by atoms with E-state index in [-0.39, 0.29) is 17.4 Å². The first-order valence-corrected chi connectivity index (χ1v) is 7.62. The van der Waals surface area contributed by atoms with E-state index in [1.54, 1.807) is 29.9 Å². The fraction of sp³-hybridized carbons (Fsp3) is 0.167. The minimum atomic E-state index is -0.477. The van der Waals surface area contributed by atoms with Gasteiger partial charge in [-0.25, -0.2) is 9.37 Å². The summed E-state index contributed by atoms with van der Waals surface area (Å²) in [5.41, 5.74) is 2.26. The van der Waals surface area contributed by atoms with E-state index in [1.807, 2.05) is 13.2 Å². The van der Waals surface area contributed by atoms with Gasteiger partial charge in [0.25, 0.3) is 0 Å². The van der Waals surface area contributed by atoms with Gasteiger partial charge in [0.2, 0.25) is 11.6 Å². The highest BCUT2D eigenvalue weighted by atomic mass is 19.1. The van der Waals surface area contributed by atoms with Gasteiger partial charge >= 0.3 is 0 Å². The number of carbonyl (C=O) groups is 1. The van der Waals surface area contributed by atoms with Gasteiger partial charge in [0.15, 0.2) is 0 Å². The lowest BCUT2D eigenvalue weighted by molar-refractivity contribution is 0.103. The highest BCUT2D eigenvalue weighted by molar-refractivity contribution is 6.05. The maximum atomic E-state index is 13.0. The second-order valence-electron chi connectivity index (χ2n) is 5.80. The van der Waals surface area contributed by atoms with Gasteiger partial charge in [0, 0.05) is 38.1 Å². The number of hydrogen-bond acceptors (Lipinski definition) is 4. The molecule has 0 aliphatic heterocycles. The van der Waals surface area contributed by atoms with Crippen LogP contribution >= 0.6 is 0 Å². The second kappa shape index (κ2) is 6.72. The van der Waals surface area contributed by atoms with Gasteiger partial charge in [-0.15, -0.1) is 5.10 Å². The molecule has 7 heteroatoms. The van der Waals surface area contributed by atoms with Gasteiger partial charge in [0.1, 0.15) is 17.9 Å². The van der Waals surface area contributed by atoms with Crippen LogP contribution in [0.25, 0.3) is 5.76 Å². The van der Waals surface area contributed by atoms with Crippen LogP contribution in [0.1, 0.15) is 27.3 Å². The van der Waals surface area contributed by atoms with E-state index in [9.17, 15) is 14.3 Å². The summed E-state index contributed by atoms with van der Waals surface area (Å²) in [5, 5.41) is 14.3. The number of allylic oxidation sites excluding steroid dienone is 1. The Balaban J connectivity index is 1.87. The molecule has 0 aliphatic carbocycles. The monoisotopic (exact) mass is 340 g/mol. The number of carbonyl (C=O) groups excluding carboxylic acids is 1. The maximum Gasteiger partial charge on any atom is 0.228 e. The molecule has 0 atom stereocenters. The molecule has 0 fully saturated rings. The van der Waals surface area contributed by atoms with Crippen molar-refractivity contribution in [3.05, 3.63) is 77.4 Å². The van der Waals surface area contributed by atoms with Crippen molar-refractivity contribution in [1.82, 2.24) is 19.3 Å². The lowest BCUT2D eigenvalue weighted by Gasteiger charge is -2.04. The first-order valence-electron chi connectivity index (χ1n) is 7.62. The Hall–Kier alpha value is -3.22. The third-order valence-electron chi connectivity index (χ3n) is 3.71. The van der Waals surface area contributed by atoms with E-state index >= 15 is 0 Å². The minimum Gasteiger partial charge on any atom is -0.507 e. The van der Waals surface area contributed by atoms with Crippen molar-refractivity contribution in [1.29, 1.82) is 0 Å². The number of halogens is 1. The molecule has 1 aromatic carbocycles. The molecule has 0 spiro atoms. The van der Waals surface area contributed by atoms with Gasteiger partial charge < -0.3 is 9.67 Å². The van der Waals surface area contributed by atoms with E-state index in [0.717, 1.165) is 17.2 Å². The molecule has 0 saturated heterocycles. The maximum absolute atomic E-state index is 13.0. The molecule has 0 aliphatic rings. The quantitative estimate of drug-likeness (QED) is 0.440. The molecule has 25 heavy (non-hydrogen) atoms. The molecule has 128 valence electrons. The smallest absolute Gasteiger partial charge is 0.228 e. The lowest BCUT2D eigenvalue weighted by atomic mass is 10.0. The zero-order valence-electron chi connectivity index (χ0n) is 13.8. The molecular formula is C18H17FN4O2.